The summed E-state index contributed by atoms with van der Waals surface area (Å²) in [5.41, 5.74) is 6.82. The second-order valence-electron chi connectivity index (χ2n) is 6.90. The fourth-order valence-corrected chi connectivity index (χ4v) is 4.20. The fourth-order valence-electron chi connectivity index (χ4n) is 3.57. The molecule has 1 aromatic rings. The molecule has 0 radical (unpaired) electrons. The molecule has 2 atom stereocenters. The largest absolute Gasteiger partial charge is 0.490 e. The summed E-state index contributed by atoms with van der Waals surface area (Å²) in [6.45, 7) is 6.91. The maximum Gasteiger partial charge on any atom is 0.131 e. The highest BCUT2D eigenvalue weighted by Crippen LogP contribution is 2.40. The SMILES string of the molecule is CSc1cccc(OC2CC(C)CC(C)(C)C2)c1C(=N)N. The Balaban J connectivity index is 2.25. The van der Waals surface area contributed by atoms with Crippen molar-refractivity contribution in [1.82, 2.24) is 0 Å². The minimum Gasteiger partial charge on any atom is -0.490 e. The Hall–Kier alpha value is -1.16. The van der Waals surface area contributed by atoms with Gasteiger partial charge in [-0.25, -0.2) is 0 Å². The number of rotatable bonds is 4. The normalized spacial score (nSPS) is 24.6. The zero-order chi connectivity index (χ0) is 15.6. The van der Waals surface area contributed by atoms with E-state index >= 15 is 0 Å². The van der Waals surface area contributed by atoms with Gasteiger partial charge in [0, 0.05) is 4.90 Å². The van der Waals surface area contributed by atoms with Crippen molar-refractivity contribution < 1.29 is 4.74 Å². The molecule has 3 nitrogen and oxygen atoms in total. The summed E-state index contributed by atoms with van der Waals surface area (Å²) in [6, 6.07) is 5.90. The van der Waals surface area contributed by atoms with E-state index in [0.29, 0.717) is 11.3 Å². The standard InChI is InChI=1S/C17H26N2OS/c1-11-8-12(10-17(2,3)9-11)20-13-6-5-7-14(21-4)15(13)16(18)19/h5-7,11-12H,8-10H2,1-4H3,(H3,18,19). The van der Waals surface area contributed by atoms with Gasteiger partial charge in [0.25, 0.3) is 0 Å². The van der Waals surface area contributed by atoms with Crippen LogP contribution < -0.4 is 10.5 Å². The highest BCUT2D eigenvalue weighted by Gasteiger charge is 2.33. The predicted molar refractivity (Wildman–Crippen MR) is 90.5 cm³/mol. The lowest BCUT2D eigenvalue weighted by Gasteiger charge is -2.39. The van der Waals surface area contributed by atoms with Gasteiger partial charge in [0.1, 0.15) is 11.6 Å². The number of benzene rings is 1. The van der Waals surface area contributed by atoms with Crippen LogP contribution in [0.25, 0.3) is 0 Å². The Morgan fingerprint density at radius 3 is 2.67 bits per heavy atom. The van der Waals surface area contributed by atoms with Crippen molar-refractivity contribution in [3.63, 3.8) is 0 Å². The second kappa shape index (κ2) is 6.30. The third-order valence-electron chi connectivity index (χ3n) is 4.12. The Morgan fingerprint density at radius 2 is 2.10 bits per heavy atom. The lowest BCUT2D eigenvalue weighted by molar-refractivity contribution is 0.0560. The van der Waals surface area contributed by atoms with E-state index in [4.69, 9.17) is 15.9 Å². The van der Waals surface area contributed by atoms with Crippen molar-refractivity contribution in [1.29, 1.82) is 5.41 Å². The lowest BCUT2D eigenvalue weighted by Crippen LogP contribution is -2.34. The summed E-state index contributed by atoms with van der Waals surface area (Å²) in [5.74, 6) is 1.51. The minimum absolute atomic E-state index is 0.0815. The molecule has 0 bridgehead atoms. The first-order chi connectivity index (χ1) is 9.82. The number of hydrogen-bond acceptors (Lipinski definition) is 3. The van der Waals surface area contributed by atoms with Gasteiger partial charge in [-0.2, -0.15) is 0 Å². The highest BCUT2D eigenvalue weighted by molar-refractivity contribution is 7.98. The number of hydrogen-bond donors (Lipinski definition) is 2. The van der Waals surface area contributed by atoms with Crippen molar-refractivity contribution in [3.8, 4) is 5.75 Å². The summed E-state index contributed by atoms with van der Waals surface area (Å²) in [4.78, 5) is 1.00. The summed E-state index contributed by atoms with van der Waals surface area (Å²) >= 11 is 1.60. The molecule has 3 N–H and O–H groups in total. The quantitative estimate of drug-likeness (QED) is 0.496. The van der Waals surface area contributed by atoms with Crippen LogP contribution in [-0.4, -0.2) is 18.2 Å². The molecular weight excluding hydrogens is 280 g/mol. The van der Waals surface area contributed by atoms with Crippen molar-refractivity contribution in [3.05, 3.63) is 23.8 Å². The van der Waals surface area contributed by atoms with E-state index in [2.05, 4.69) is 20.8 Å². The van der Waals surface area contributed by atoms with Crippen LogP contribution in [0.5, 0.6) is 5.75 Å². The molecule has 116 valence electrons. The fraction of sp³-hybridized carbons (Fsp3) is 0.588. The summed E-state index contributed by atoms with van der Waals surface area (Å²) in [5, 5.41) is 7.84. The minimum atomic E-state index is 0.0815. The van der Waals surface area contributed by atoms with Gasteiger partial charge >= 0.3 is 0 Å². The average Bonchev–Trinajstić information content (AvgIpc) is 2.35. The van der Waals surface area contributed by atoms with Gasteiger partial charge in [0.15, 0.2) is 0 Å². The monoisotopic (exact) mass is 306 g/mol. The van der Waals surface area contributed by atoms with Crippen LogP contribution in [0.3, 0.4) is 0 Å². The first kappa shape index (κ1) is 16.2. The summed E-state index contributed by atoms with van der Waals surface area (Å²) in [6.07, 6.45) is 5.58. The number of amidine groups is 1. The van der Waals surface area contributed by atoms with Crippen LogP contribution in [0.4, 0.5) is 0 Å². The van der Waals surface area contributed by atoms with Crippen molar-refractivity contribution in [2.24, 2.45) is 17.1 Å². The molecule has 0 aliphatic heterocycles. The third-order valence-corrected chi connectivity index (χ3v) is 4.90. The third kappa shape index (κ3) is 3.94. The molecule has 1 saturated carbocycles. The molecule has 0 spiro atoms. The molecule has 2 rings (SSSR count). The van der Waals surface area contributed by atoms with E-state index < -0.39 is 0 Å². The predicted octanol–water partition coefficient (Wildman–Crippen LogP) is 4.29. The molecule has 0 aromatic heterocycles. The molecule has 1 fully saturated rings. The maximum absolute atomic E-state index is 7.84. The molecule has 21 heavy (non-hydrogen) atoms. The lowest BCUT2D eigenvalue weighted by atomic mass is 9.71. The van der Waals surface area contributed by atoms with Gasteiger partial charge in [0.2, 0.25) is 0 Å². The molecule has 1 aliphatic rings. The van der Waals surface area contributed by atoms with E-state index in [1.54, 1.807) is 11.8 Å². The van der Waals surface area contributed by atoms with E-state index in [0.717, 1.165) is 29.1 Å². The number of nitrogen functional groups attached to an aromatic ring is 1. The maximum atomic E-state index is 7.84. The summed E-state index contributed by atoms with van der Waals surface area (Å²) in [7, 11) is 0. The van der Waals surface area contributed by atoms with Crippen LogP contribution in [0, 0.1) is 16.7 Å². The molecule has 1 aromatic carbocycles. The van der Waals surface area contributed by atoms with Gasteiger partial charge in [-0.3, -0.25) is 5.41 Å². The van der Waals surface area contributed by atoms with Crippen LogP contribution in [0.15, 0.2) is 23.1 Å². The van der Waals surface area contributed by atoms with E-state index in [-0.39, 0.29) is 11.9 Å². The number of thioether (sulfide) groups is 1. The van der Waals surface area contributed by atoms with Crippen LogP contribution in [0.1, 0.15) is 45.6 Å². The van der Waals surface area contributed by atoms with Gasteiger partial charge < -0.3 is 10.5 Å². The van der Waals surface area contributed by atoms with Crippen molar-refractivity contribution in [2.75, 3.05) is 6.26 Å². The van der Waals surface area contributed by atoms with E-state index in [9.17, 15) is 0 Å². The van der Waals surface area contributed by atoms with Crippen LogP contribution in [-0.2, 0) is 0 Å². The Morgan fingerprint density at radius 1 is 1.38 bits per heavy atom. The molecule has 0 heterocycles. The van der Waals surface area contributed by atoms with Crippen LogP contribution >= 0.6 is 11.8 Å². The zero-order valence-electron chi connectivity index (χ0n) is 13.4. The average molecular weight is 306 g/mol. The first-order valence-corrected chi connectivity index (χ1v) is 8.73. The number of ether oxygens (including phenoxy) is 1. The van der Waals surface area contributed by atoms with Crippen molar-refractivity contribution in [2.45, 2.75) is 51.0 Å². The Kier molecular flexibility index (Phi) is 4.87. The smallest absolute Gasteiger partial charge is 0.131 e. The second-order valence-corrected chi connectivity index (χ2v) is 7.75. The molecule has 4 heteroatoms. The Bertz CT molecular complexity index is 528. The van der Waals surface area contributed by atoms with Crippen molar-refractivity contribution >= 4 is 17.6 Å². The van der Waals surface area contributed by atoms with E-state index in [1.165, 1.54) is 6.42 Å². The number of nitrogens with two attached hydrogens (primary N) is 1. The molecule has 0 saturated heterocycles. The Labute approximate surface area is 132 Å². The molecule has 0 amide bonds. The van der Waals surface area contributed by atoms with Gasteiger partial charge in [0.05, 0.1) is 11.7 Å². The van der Waals surface area contributed by atoms with Gasteiger partial charge in [-0.05, 0) is 49.0 Å². The van der Waals surface area contributed by atoms with E-state index in [1.807, 2.05) is 24.5 Å². The molecule has 1 aliphatic carbocycles. The first-order valence-electron chi connectivity index (χ1n) is 7.50. The zero-order valence-corrected chi connectivity index (χ0v) is 14.2. The van der Waals surface area contributed by atoms with Gasteiger partial charge in [-0.1, -0.05) is 26.8 Å². The van der Waals surface area contributed by atoms with Gasteiger partial charge in [-0.15, -0.1) is 11.8 Å². The number of nitrogens with one attached hydrogen (secondary N) is 1. The molecular formula is C17H26N2OS. The summed E-state index contributed by atoms with van der Waals surface area (Å²) < 4.78 is 6.26. The topological polar surface area (TPSA) is 59.1 Å². The highest BCUT2D eigenvalue weighted by atomic mass is 32.2. The van der Waals surface area contributed by atoms with Crippen LogP contribution in [0.2, 0.25) is 0 Å². The molecule has 2 unspecified atom stereocenters.